The van der Waals surface area contributed by atoms with Gasteiger partial charge in [0.05, 0.1) is 11.2 Å². The average Bonchev–Trinajstić information content (AvgIpc) is 2.80. The van der Waals surface area contributed by atoms with Crippen LogP contribution in [-0.2, 0) is 7.05 Å². The Morgan fingerprint density at radius 2 is 1.76 bits per heavy atom. The smallest absolute Gasteiger partial charge is 0.270 e. The minimum Gasteiger partial charge on any atom is -0.362 e. The molecule has 4 rings (SSSR count). The summed E-state index contributed by atoms with van der Waals surface area (Å²) in [5.41, 5.74) is 2.06. The molecular formula is C24H24F3N5O. The topological polar surface area (TPSA) is 45.7 Å². The Balaban J connectivity index is 1.69. The summed E-state index contributed by atoms with van der Waals surface area (Å²) in [6, 6.07) is 6.48. The normalized spacial score (nSPS) is 20.1. The number of aromatic nitrogens is 2. The molecule has 0 saturated carbocycles. The maximum absolute atomic E-state index is 13.8. The van der Waals surface area contributed by atoms with Crippen molar-refractivity contribution >= 4 is 22.5 Å². The van der Waals surface area contributed by atoms with Gasteiger partial charge >= 0.3 is 0 Å². The fraction of sp³-hybridized carbons (Fsp3) is 0.375. The van der Waals surface area contributed by atoms with Crippen molar-refractivity contribution in [3.05, 3.63) is 75.1 Å². The molecule has 0 amide bonds. The first-order valence-electron chi connectivity index (χ1n) is 10.7. The van der Waals surface area contributed by atoms with E-state index in [2.05, 4.69) is 19.6 Å². The maximum Gasteiger partial charge on any atom is 0.270 e. The van der Waals surface area contributed by atoms with Crippen LogP contribution in [0.4, 0.5) is 24.7 Å². The van der Waals surface area contributed by atoms with E-state index >= 15 is 0 Å². The minimum absolute atomic E-state index is 0.0458. The first kappa shape index (κ1) is 22.8. The predicted molar refractivity (Wildman–Crippen MR) is 121 cm³/mol. The fourth-order valence-electron chi connectivity index (χ4n) is 4.62. The molecule has 3 heterocycles. The average molecular weight is 455 g/mol. The lowest BCUT2D eigenvalue weighted by molar-refractivity contribution is 0.119. The Morgan fingerprint density at radius 3 is 2.39 bits per heavy atom. The third-order valence-electron chi connectivity index (χ3n) is 6.50. The van der Waals surface area contributed by atoms with Crippen LogP contribution < -0.4 is 10.5 Å². The second-order valence-corrected chi connectivity index (χ2v) is 8.60. The molecule has 9 heteroatoms. The number of piperazine rings is 1. The number of aryl methyl sites for hydroxylation is 1. The first-order valence-corrected chi connectivity index (χ1v) is 10.7. The second-order valence-electron chi connectivity index (χ2n) is 8.60. The van der Waals surface area contributed by atoms with Crippen LogP contribution >= 0.6 is 0 Å². The fourth-order valence-corrected chi connectivity index (χ4v) is 4.62. The predicted octanol–water partition coefficient (Wildman–Crippen LogP) is 4.56. The van der Waals surface area contributed by atoms with E-state index in [9.17, 15) is 18.0 Å². The standard InChI is InChI=1S/C24H24F3N5O/c1-13-12-32(20-10-22(33)30(5)19-6-7-21(28-4)29-24(19)20)14(2)11-31(13)15(3)16-8-17(25)23(27)18(26)9-16/h6-10,13-15H,11-12H2,1-3,5H3/t13-,14+,15?/m1/s1. The van der Waals surface area contributed by atoms with Gasteiger partial charge in [-0.05, 0) is 50.6 Å². The van der Waals surface area contributed by atoms with E-state index in [1.807, 2.05) is 20.8 Å². The van der Waals surface area contributed by atoms with Crippen molar-refractivity contribution in [1.29, 1.82) is 0 Å². The summed E-state index contributed by atoms with van der Waals surface area (Å²) >= 11 is 0. The zero-order chi connectivity index (χ0) is 24.0. The SMILES string of the molecule is [C-]#[N+]c1ccc2c(n1)c(N1C[C@@H](C)N(C(C)c3cc(F)c(F)c(F)c3)C[C@@H]1C)cc(=O)n2C. The van der Waals surface area contributed by atoms with Crippen LogP contribution in [0.15, 0.2) is 35.1 Å². The molecule has 1 saturated heterocycles. The number of nitrogens with zero attached hydrogens (tertiary/aromatic N) is 5. The van der Waals surface area contributed by atoms with Gasteiger partial charge in [-0.25, -0.2) is 13.2 Å². The van der Waals surface area contributed by atoms with Crippen LogP contribution in [0.25, 0.3) is 15.9 Å². The van der Waals surface area contributed by atoms with E-state index in [-0.39, 0.29) is 29.5 Å². The molecular weight excluding hydrogens is 431 g/mol. The maximum atomic E-state index is 13.8. The van der Waals surface area contributed by atoms with Crippen molar-refractivity contribution in [3.63, 3.8) is 0 Å². The van der Waals surface area contributed by atoms with Gasteiger partial charge in [-0.1, -0.05) is 6.57 Å². The number of halogens is 3. The summed E-state index contributed by atoms with van der Waals surface area (Å²) in [7, 11) is 1.67. The lowest BCUT2D eigenvalue weighted by atomic mass is 10.00. The van der Waals surface area contributed by atoms with Crippen LogP contribution in [0.1, 0.15) is 32.4 Å². The van der Waals surface area contributed by atoms with Crippen molar-refractivity contribution < 1.29 is 13.2 Å². The first-order chi connectivity index (χ1) is 15.6. The van der Waals surface area contributed by atoms with E-state index < -0.39 is 17.5 Å². The Morgan fingerprint density at radius 1 is 1.09 bits per heavy atom. The number of anilines is 1. The minimum atomic E-state index is -1.47. The highest BCUT2D eigenvalue weighted by molar-refractivity contribution is 5.89. The Labute approximate surface area is 189 Å². The zero-order valence-electron chi connectivity index (χ0n) is 18.8. The van der Waals surface area contributed by atoms with Crippen molar-refractivity contribution in [1.82, 2.24) is 14.5 Å². The van der Waals surface area contributed by atoms with Gasteiger partial charge in [0, 0.05) is 44.3 Å². The largest absolute Gasteiger partial charge is 0.362 e. The Bertz CT molecular complexity index is 1310. The quantitative estimate of drug-likeness (QED) is 0.429. The number of rotatable bonds is 3. The highest BCUT2D eigenvalue weighted by Crippen LogP contribution is 2.33. The molecule has 6 nitrogen and oxygen atoms in total. The highest BCUT2D eigenvalue weighted by atomic mass is 19.2. The van der Waals surface area contributed by atoms with Gasteiger partial charge in [0.25, 0.3) is 11.4 Å². The number of fused-ring (bicyclic) bond motifs is 1. The summed E-state index contributed by atoms with van der Waals surface area (Å²) in [6.07, 6.45) is 0. The van der Waals surface area contributed by atoms with Crippen molar-refractivity contribution in [2.45, 2.75) is 38.9 Å². The van der Waals surface area contributed by atoms with E-state index in [1.54, 1.807) is 19.2 Å². The molecule has 172 valence electrons. The van der Waals surface area contributed by atoms with E-state index in [1.165, 1.54) is 10.6 Å². The summed E-state index contributed by atoms with van der Waals surface area (Å²) in [4.78, 5) is 24.7. The van der Waals surface area contributed by atoms with E-state index in [0.717, 1.165) is 12.1 Å². The Kier molecular flexibility index (Phi) is 5.89. The van der Waals surface area contributed by atoms with Gasteiger partial charge in [0.2, 0.25) is 5.52 Å². The third-order valence-corrected chi connectivity index (χ3v) is 6.50. The molecule has 1 aliphatic rings. The number of hydrogen-bond donors (Lipinski definition) is 0. The summed E-state index contributed by atoms with van der Waals surface area (Å²) < 4.78 is 42.5. The number of hydrogen-bond acceptors (Lipinski definition) is 4. The monoisotopic (exact) mass is 455 g/mol. The summed E-state index contributed by atoms with van der Waals surface area (Å²) in [5, 5.41) is 0. The molecule has 1 unspecified atom stereocenters. The molecule has 0 aliphatic carbocycles. The molecule has 33 heavy (non-hydrogen) atoms. The van der Waals surface area contributed by atoms with Gasteiger partial charge in [0.1, 0.15) is 0 Å². The molecule has 1 aliphatic heterocycles. The van der Waals surface area contributed by atoms with Gasteiger partial charge in [0.15, 0.2) is 17.5 Å². The molecule has 1 fully saturated rings. The van der Waals surface area contributed by atoms with Crippen molar-refractivity contribution in [3.8, 4) is 0 Å². The third kappa shape index (κ3) is 3.95. The molecule has 0 spiro atoms. The van der Waals surface area contributed by atoms with E-state index in [0.29, 0.717) is 35.4 Å². The van der Waals surface area contributed by atoms with Gasteiger partial charge in [-0.15, -0.1) is 4.98 Å². The zero-order valence-corrected chi connectivity index (χ0v) is 18.8. The van der Waals surface area contributed by atoms with Crippen LogP contribution in [0.3, 0.4) is 0 Å². The summed E-state index contributed by atoms with van der Waals surface area (Å²) in [6.45, 7) is 14.2. The molecule has 1 aromatic carbocycles. The van der Waals surface area contributed by atoms with E-state index in [4.69, 9.17) is 6.57 Å². The number of benzene rings is 1. The molecule has 0 bridgehead atoms. The van der Waals surface area contributed by atoms with Gasteiger partial charge in [-0.2, -0.15) is 0 Å². The Hall–Kier alpha value is -3.38. The summed E-state index contributed by atoms with van der Waals surface area (Å²) in [5.74, 6) is -3.63. The van der Waals surface area contributed by atoms with Crippen LogP contribution in [-0.4, -0.2) is 39.6 Å². The van der Waals surface area contributed by atoms with Crippen LogP contribution in [0.2, 0.25) is 0 Å². The number of pyridine rings is 2. The molecule has 3 aromatic rings. The molecule has 2 aromatic heterocycles. The lowest BCUT2D eigenvalue weighted by Crippen LogP contribution is -2.57. The van der Waals surface area contributed by atoms with Crippen LogP contribution in [0.5, 0.6) is 0 Å². The van der Waals surface area contributed by atoms with Crippen LogP contribution in [0, 0.1) is 24.0 Å². The molecule has 0 N–H and O–H groups in total. The van der Waals surface area contributed by atoms with Crippen molar-refractivity contribution in [2.75, 3.05) is 18.0 Å². The lowest BCUT2D eigenvalue weighted by Gasteiger charge is -2.47. The van der Waals surface area contributed by atoms with Crippen molar-refractivity contribution in [2.24, 2.45) is 7.05 Å². The highest BCUT2D eigenvalue weighted by Gasteiger charge is 2.34. The molecule has 0 radical (unpaired) electrons. The van der Waals surface area contributed by atoms with Gasteiger partial charge in [-0.3, -0.25) is 9.69 Å². The van der Waals surface area contributed by atoms with Gasteiger partial charge < -0.3 is 14.3 Å². The second kappa shape index (κ2) is 8.52. The molecule has 3 atom stereocenters.